The third-order valence-corrected chi connectivity index (χ3v) is 2.91. The van der Waals surface area contributed by atoms with Gasteiger partial charge in [-0.2, -0.15) is 0 Å². The third-order valence-electron chi connectivity index (χ3n) is 2.91. The van der Waals surface area contributed by atoms with Gasteiger partial charge in [-0.3, -0.25) is 0 Å². The molecular formula is C14H17N3O3. The molecule has 0 saturated heterocycles. The second-order valence-electron chi connectivity index (χ2n) is 4.19. The fourth-order valence-corrected chi connectivity index (χ4v) is 1.86. The van der Waals surface area contributed by atoms with Gasteiger partial charge in [0, 0.05) is 6.54 Å². The molecule has 0 amide bonds. The summed E-state index contributed by atoms with van der Waals surface area (Å²) in [5.74, 6) is 0.864. The van der Waals surface area contributed by atoms with Gasteiger partial charge in [0.05, 0.1) is 25.6 Å². The van der Waals surface area contributed by atoms with Crippen molar-refractivity contribution in [2.45, 2.75) is 13.5 Å². The number of carbonyl (C=O) groups is 1. The van der Waals surface area contributed by atoms with E-state index in [0.717, 1.165) is 5.76 Å². The Morgan fingerprint density at radius 1 is 1.45 bits per heavy atom. The highest BCUT2D eigenvalue weighted by atomic mass is 16.5. The van der Waals surface area contributed by atoms with Crippen LogP contribution >= 0.6 is 0 Å². The number of methoxy groups -OCH3 is 1. The van der Waals surface area contributed by atoms with Gasteiger partial charge in [0.1, 0.15) is 5.76 Å². The van der Waals surface area contributed by atoms with E-state index in [4.69, 9.17) is 10.2 Å². The maximum atomic E-state index is 11.5. The van der Waals surface area contributed by atoms with Crippen LogP contribution in [0.15, 0.2) is 34.9 Å². The SMILES string of the molecule is CCN(Cc1ccco1)c1nc(C(=O)OC)ccc1N. The molecule has 0 aromatic carbocycles. The standard InChI is InChI=1S/C14H17N3O3/c1-3-17(9-10-5-4-8-20-10)13-11(15)6-7-12(16-13)14(18)19-2/h4-8H,3,9,15H2,1-2H3. The van der Waals surface area contributed by atoms with Crippen LogP contribution in [0.2, 0.25) is 0 Å². The van der Waals surface area contributed by atoms with E-state index < -0.39 is 5.97 Å². The lowest BCUT2D eigenvalue weighted by atomic mass is 10.3. The van der Waals surface area contributed by atoms with Gasteiger partial charge in [-0.05, 0) is 31.2 Å². The predicted molar refractivity (Wildman–Crippen MR) is 75.4 cm³/mol. The number of nitrogens with two attached hydrogens (primary N) is 1. The number of ether oxygens (including phenoxy) is 1. The molecule has 0 aliphatic carbocycles. The zero-order valence-electron chi connectivity index (χ0n) is 11.5. The molecule has 106 valence electrons. The van der Waals surface area contributed by atoms with E-state index >= 15 is 0 Å². The molecule has 2 heterocycles. The van der Waals surface area contributed by atoms with E-state index in [-0.39, 0.29) is 5.69 Å². The molecule has 0 unspecified atom stereocenters. The largest absolute Gasteiger partial charge is 0.467 e. The van der Waals surface area contributed by atoms with Gasteiger partial charge in [-0.1, -0.05) is 0 Å². The van der Waals surface area contributed by atoms with Gasteiger partial charge < -0.3 is 19.8 Å². The Morgan fingerprint density at radius 3 is 2.85 bits per heavy atom. The van der Waals surface area contributed by atoms with Gasteiger partial charge in [0.15, 0.2) is 11.5 Å². The van der Waals surface area contributed by atoms with Crippen molar-refractivity contribution >= 4 is 17.5 Å². The number of rotatable bonds is 5. The molecule has 0 spiro atoms. The maximum Gasteiger partial charge on any atom is 0.356 e. The molecule has 0 atom stereocenters. The number of hydrogen-bond donors (Lipinski definition) is 1. The van der Waals surface area contributed by atoms with E-state index in [1.54, 1.807) is 18.4 Å². The number of aromatic nitrogens is 1. The van der Waals surface area contributed by atoms with Crippen LogP contribution in [-0.4, -0.2) is 24.6 Å². The van der Waals surface area contributed by atoms with Crippen molar-refractivity contribution in [3.63, 3.8) is 0 Å². The normalized spacial score (nSPS) is 10.3. The Labute approximate surface area is 117 Å². The Kier molecular flexibility index (Phi) is 4.24. The van der Waals surface area contributed by atoms with E-state index in [9.17, 15) is 4.79 Å². The average Bonchev–Trinajstić information content (AvgIpc) is 2.97. The van der Waals surface area contributed by atoms with E-state index in [2.05, 4.69) is 9.72 Å². The Hall–Kier alpha value is -2.50. The first kappa shape index (κ1) is 13.9. The first-order valence-electron chi connectivity index (χ1n) is 6.27. The summed E-state index contributed by atoms with van der Waals surface area (Å²) in [7, 11) is 1.32. The van der Waals surface area contributed by atoms with E-state index in [1.807, 2.05) is 24.0 Å². The summed E-state index contributed by atoms with van der Waals surface area (Å²) in [5, 5.41) is 0. The van der Waals surface area contributed by atoms with Crippen molar-refractivity contribution in [2.24, 2.45) is 0 Å². The number of furan rings is 1. The number of nitrogens with zero attached hydrogens (tertiary/aromatic N) is 2. The lowest BCUT2D eigenvalue weighted by Crippen LogP contribution is -2.25. The summed E-state index contributed by atoms with van der Waals surface area (Å²) in [6.07, 6.45) is 1.62. The fraction of sp³-hybridized carbons (Fsp3) is 0.286. The van der Waals surface area contributed by atoms with Crippen molar-refractivity contribution in [3.05, 3.63) is 42.0 Å². The van der Waals surface area contributed by atoms with Gasteiger partial charge in [0.25, 0.3) is 0 Å². The zero-order chi connectivity index (χ0) is 14.5. The van der Waals surface area contributed by atoms with Crippen LogP contribution in [0, 0.1) is 0 Å². The van der Waals surface area contributed by atoms with E-state index in [1.165, 1.54) is 7.11 Å². The molecule has 2 N–H and O–H groups in total. The van der Waals surface area contributed by atoms with E-state index in [0.29, 0.717) is 24.6 Å². The molecule has 2 aromatic rings. The number of nitrogen functional groups attached to an aromatic ring is 1. The lowest BCUT2D eigenvalue weighted by Gasteiger charge is -2.22. The Morgan fingerprint density at radius 2 is 2.25 bits per heavy atom. The summed E-state index contributed by atoms with van der Waals surface area (Å²) in [4.78, 5) is 17.8. The van der Waals surface area contributed by atoms with Gasteiger partial charge in [-0.25, -0.2) is 9.78 Å². The smallest absolute Gasteiger partial charge is 0.356 e. The molecule has 0 fully saturated rings. The summed E-state index contributed by atoms with van der Waals surface area (Å²) >= 11 is 0. The van der Waals surface area contributed by atoms with Gasteiger partial charge >= 0.3 is 5.97 Å². The van der Waals surface area contributed by atoms with Crippen molar-refractivity contribution in [1.82, 2.24) is 4.98 Å². The molecule has 0 saturated carbocycles. The molecule has 2 rings (SSSR count). The minimum absolute atomic E-state index is 0.231. The summed E-state index contributed by atoms with van der Waals surface area (Å²) < 4.78 is 10.00. The second kappa shape index (κ2) is 6.10. The maximum absolute atomic E-state index is 11.5. The van der Waals surface area contributed by atoms with Crippen LogP contribution in [-0.2, 0) is 11.3 Å². The van der Waals surface area contributed by atoms with Crippen molar-refractivity contribution in [2.75, 3.05) is 24.3 Å². The summed E-state index contributed by atoms with van der Waals surface area (Å²) in [6.45, 7) is 3.20. The van der Waals surface area contributed by atoms with Crippen molar-refractivity contribution in [3.8, 4) is 0 Å². The number of anilines is 2. The molecule has 6 nitrogen and oxygen atoms in total. The van der Waals surface area contributed by atoms with Crippen molar-refractivity contribution in [1.29, 1.82) is 0 Å². The van der Waals surface area contributed by atoms with Crippen LogP contribution in [0.1, 0.15) is 23.2 Å². The third kappa shape index (κ3) is 2.90. The Balaban J connectivity index is 2.30. The Bertz CT molecular complexity index is 581. The highest BCUT2D eigenvalue weighted by molar-refractivity contribution is 5.88. The van der Waals surface area contributed by atoms with Crippen LogP contribution in [0.3, 0.4) is 0 Å². The molecule has 20 heavy (non-hydrogen) atoms. The zero-order valence-corrected chi connectivity index (χ0v) is 11.5. The average molecular weight is 275 g/mol. The number of carbonyl (C=O) groups excluding carboxylic acids is 1. The van der Waals surface area contributed by atoms with Crippen LogP contribution in [0.5, 0.6) is 0 Å². The molecule has 0 aliphatic heterocycles. The number of pyridine rings is 1. The first-order valence-corrected chi connectivity index (χ1v) is 6.27. The second-order valence-corrected chi connectivity index (χ2v) is 4.19. The number of hydrogen-bond acceptors (Lipinski definition) is 6. The minimum Gasteiger partial charge on any atom is -0.467 e. The van der Waals surface area contributed by atoms with Crippen molar-refractivity contribution < 1.29 is 13.9 Å². The topological polar surface area (TPSA) is 81.6 Å². The highest BCUT2D eigenvalue weighted by Crippen LogP contribution is 2.23. The predicted octanol–water partition coefficient (Wildman–Crippen LogP) is 2.07. The molecule has 6 heteroatoms. The number of esters is 1. The van der Waals surface area contributed by atoms with Crippen LogP contribution in [0.25, 0.3) is 0 Å². The summed E-state index contributed by atoms with van der Waals surface area (Å²) in [6, 6.07) is 6.90. The fourth-order valence-electron chi connectivity index (χ4n) is 1.86. The molecule has 2 aromatic heterocycles. The summed E-state index contributed by atoms with van der Waals surface area (Å²) in [5.41, 5.74) is 6.69. The van der Waals surface area contributed by atoms with Gasteiger partial charge in [-0.15, -0.1) is 0 Å². The molecule has 0 radical (unpaired) electrons. The molecule has 0 bridgehead atoms. The quantitative estimate of drug-likeness (QED) is 0.841. The highest BCUT2D eigenvalue weighted by Gasteiger charge is 2.15. The monoisotopic (exact) mass is 275 g/mol. The lowest BCUT2D eigenvalue weighted by molar-refractivity contribution is 0.0594. The van der Waals surface area contributed by atoms with Crippen LogP contribution in [0.4, 0.5) is 11.5 Å². The molecule has 0 aliphatic rings. The minimum atomic E-state index is -0.486. The van der Waals surface area contributed by atoms with Crippen LogP contribution < -0.4 is 10.6 Å². The molecular weight excluding hydrogens is 258 g/mol. The van der Waals surface area contributed by atoms with Gasteiger partial charge in [0.2, 0.25) is 0 Å². The first-order chi connectivity index (χ1) is 9.65.